The molecule has 0 unspecified atom stereocenters. The quantitative estimate of drug-likeness (QED) is 0.289. The highest BCUT2D eigenvalue weighted by Gasteiger charge is 2.31. The molecule has 0 aliphatic carbocycles. The van der Waals surface area contributed by atoms with Crippen molar-refractivity contribution in [2.75, 3.05) is 5.32 Å². The van der Waals surface area contributed by atoms with Gasteiger partial charge in [-0.25, -0.2) is 14.8 Å². The summed E-state index contributed by atoms with van der Waals surface area (Å²) in [4.78, 5) is 19.3. The number of anilines is 2. The number of rotatable bonds is 7. The molecule has 1 amide bonds. The molecule has 2 aromatic carbocycles. The molecule has 13 heteroatoms. The van der Waals surface area contributed by atoms with Crippen LogP contribution in [0.3, 0.4) is 0 Å². The largest absolute Gasteiger partial charge is 0.573 e. The fraction of sp³-hybridized carbons (Fsp3) is 0.136. The fourth-order valence-corrected chi connectivity index (χ4v) is 3.53. The Bertz CT molecular complexity index is 1390. The van der Waals surface area contributed by atoms with Gasteiger partial charge in [-0.15, -0.1) is 13.2 Å². The monoisotopic (exact) mass is 507 g/mol. The molecule has 0 saturated heterocycles. The lowest BCUT2D eigenvalue weighted by Crippen LogP contribution is -2.21. The van der Waals surface area contributed by atoms with Crippen LogP contribution in [-0.4, -0.2) is 32.1 Å². The molecular formula is C22H17ClF3N5O4. The molecule has 2 aromatic heterocycles. The number of nitrogens with one attached hydrogen (secondary N) is 2. The van der Waals surface area contributed by atoms with E-state index in [-0.39, 0.29) is 23.1 Å². The second kappa shape index (κ2) is 9.58. The Hall–Kier alpha value is -4.19. The summed E-state index contributed by atoms with van der Waals surface area (Å²) in [5, 5.41) is 14.5. The first kappa shape index (κ1) is 24.0. The van der Waals surface area contributed by atoms with Crippen LogP contribution in [0.15, 0.2) is 54.9 Å². The molecule has 0 spiro atoms. The zero-order chi connectivity index (χ0) is 25.2. The lowest BCUT2D eigenvalue weighted by molar-refractivity contribution is -0.274. The summed E-state index contributed by atoms with van der Waals surface area (Å²) >= 11 is 6.34. The van der Waals surface area contributed by atoms with Crippen molar-refractivity contribution in [3.05, 3.63) is 65.6 Å². The predicted molar refractivity (Wildman–Crippen MR) is 121 cm³/mol. The number of aryl methyl sites for hydroxylation is 1. The van der Waals surface area contributed by atoms with Crippen LogP contribution in [0.4, 0.5) is 29.5 Å². The van der Waals surface area contributed by atoms with Gasteiger partial charge in [-0.3, -0.25) is 0 Å². The Morgan fingerprint density at radius 1 is 1.14 bits per heavy atom. The van der Waals surface area contributed by atoms with E-state index in [1.54, 1.807) is 35.9 Å². The highest BCUT2D eigenvalue weighted by molar-refractivity contribution is 6.32. The maximum atomic E-state index is 12.5. The second-order valence-electron chi connectivity index (χ2n) is 7.20. The Morgan fingerprint density at radius 3 is 2.63 bits per heavy atom. The van der Waals surface area contributed by atoms with Crippen molar-refractivity contribution in [3.63, 3.8) is 0 Å². The Labute approximate surface area is 201 Å². The van der Waals surface area contributed by atoms with Gasteiger partial charge in [0.05, 0.1) is 17.1 Å². The normalized spacial score (nSPS) is 11.3. The zero-order valence-corrected chi connectivity index (χ0v) is 18.7. The number of alkyl halides is 3. The molecule has 0 bridgehead atoms. The van der Waals surface area contributed by atoms with Crippen LogP contribution < -0.4 is 20.1 Å². The van der Waals surface area contributed by atoms with Crippen LogP contribution in [0, 0.1) is 0 Å². The summed E-state index contributed by atoms with van der Waals surface area (Å²) in [6, 6.07) is 11.6. The first-order chi connectivity index (χ1) is 16.6. The van der Waals surface area contributed by atoms with E-state index in [9.17, 15) is 18.0 Å². The second-order valence-corrected chi connectivity index (χ2v) is 7.61. The van der Waals surface area contributed by atoms with E-state index in [0.717, 1.165) is 12.1 Å². The summed E-state index contributed by atoms with van der Waals surface area (Å²) in [5.41, 5.74) is 2.50. The van der Waals surface area contributed by atoms with Gasteiger partial charge in [0.2, 0.25) is 0 Å². The number of hydrogen-bond acceptors (Lipinski definition) is 6. The number of fused-ring (bicyclic) bond motifs is 1. The Balaban J connectivity index is 1.54. The molecule has 9 nitrogen and oxygen atoms in total. The van der Waals surface area contributed by atoms with E-state index in [4.69, 9.17) is 21.4 Å². The zero-order valence-electron chi connectivity index (χ0n) is 17.9. The molecular weight excluding hydrogens is 491 g/mol. The minimum absolute atomic E-state index is 0.0920. The van der Waals surface area contributed by atoms with Crippen LogP contribution in [0.2, 0.25) is 5.02 Å². The van der Waals surface area contributed by atoms with Gasteiger partial charge < -0.3 is 29.8 Å². The number of hydrogen-bond donors (Lipinski definition) is 3. The SMILES string of the molecule is Cn1c(CNC(=O)O)cc2ncnc(Nc3ccc(Oc4cccc(OC(F)(F)F)c4)c(Cl)c3)c21. The Kier molecular flexibility index (Phi) is 6.56. The van der Waals surface area contributed by atoms with Crippen molar-refractivity contribution in [1.29, 1.82) is 0 Å². The van der Waals surface area contributed by atoms with Crippen molar-refractivity contribution in [1.82, 2.24) is 19.9 Å². The maximum absolute atomic E-state index is 12.5. The van der Waals surface area contributed by atoms with E-state index < -0.39 is 18.2 Å². The minimum atomic E-state index is -4.82. The van der Waals surface area contributed by atoms with Gasteiger partial charge in [0.1, 0.15) is 29.1 Å². The molecule has 35 heavy (non-hydrogen) atoms. The van der Waals surface area contributed by atoms with Crippen molar-refractivity contribution >= 4 is 40.2 Å². The first-order valence-corrected chi connectivity index (χ1v) is 10.3. The Morgan fingerprint density at radius 2 is 1.91 bits per heavy atom. The fourth-order valence-electron chi connectivity index (χ4n) is 3.31. The molecule has 0 saturated carbocycles. The van der Waals surface area contributed by atoms with Crippen molar-refractivity contribution in [3.8, 4) is 17.2 Å². The smallest absolute Gasteiger partial charge is 0.465 e. The first-order valence-electron chi connectivity index (χ1n) is 9.95. The molecule has 0 aliphatic heterocycles. The summed E-state index contributed by atoms with van der Waals surface area (Å²) in [5.74, 6) is 0.367. The van der Waals surface area contributed by atoms with Gasteiger partial charge in [-0.05, 0) is 36.4 Å². The molecule has 4 rings (SSSR count). The summed E-state index contributed by atoms with van der Waals surface area (Å²) in [7, 11) is 1.76. The number of benzene rings is 2. The molecule has 0 atom stereocenters. The van der Waals surface area contributed by atoms with Gasteiger partial charge in [0.15, 0.2) is 5.82 Å². The minimum Gasteiger partial charge on any atom is -0.465 e. The standard InChI is InChI=1S/C22H17ClF3N5O4/c1-31-13(10-27-21(32)33)8-17-19(31)20(29-11-28-17)30-12-5-6-18(16(23)7-12)34-14-3-2-4-15(9-14)35-22(24,25)26/h2-9,11,27H,10H2,1H3,(H,32,33)(H,28,29,30). The van der Waals surface area contributed by atoms with E-state index in [2.05, 4.69) is 25.3 Å². The number of nitrogens with zero attached hydrogens (tertiary/aromatic N) is 3. The molecule has 182 valence electrons. The number of carbonyl (C=O) groups is 1. The number of ether oxygens (including phenoxy) is 2. The predicted octanol–water partition coefficient (Wildman–Crippen LogP) is 5.82. The van der Waals surface area contributed by atoms with Gasteiger partial charge >= 0.3 is 12.5 Å². The third-order valence-corrected chi connectivity index (χ3v) is 5.10. The van der Waals surface area contributed by atoms with Crippen LogP contribution >= 0.6 is 11.6 Å². The number of amides is 1. The molecule has 0 radical (unpaired) electrons. The summed E-state index contributed by atoms with van der Waals surface area (Å²) in [6.45, 7) is 0.0920. The van der Waals surface area contributed by atoms with E-state index in [0.29, 0.717) is 28.2 Å². The number of carboxylic acid groups (broad SMARTS) is 1. The summed E-state index contributed by atoms with van der Waals surface area (Å²) in [6.07, 6.45) is -4.59. The lowest BCUT2D eigenvalue weighted by Gasteiger charge is -2.13. The van der Waals surface area contributed by atoms with Gasteiger partial charge in [-0.2, -0.15) is 0 Å². The highest BCUT2D eigenvalue weighted by Crippen LogP contribution is 2.35. The molecule has 4 aromatic rings. The van der Waals surface area contributed by atoms with E-state index >= 15 is 0 Å². The number of aromatic nitrogens is 3. The third kappa shape index (κ3) is 5.84. The van der Waals surface area contributed by atoms with Crippen LogP contribution in [0.1, 0.15) is 5.69 Å². The molecule has 0 fully saturated rings. The molecule has 0 aliphatic rings. The number of halogens is 4. The van der Waals surface area contributed by atoms with Crippen molar-refractivity contribution < 1.29 is 32.5 Å². The van der Waals surface area contributed by atoms with E-state index in [1.165, 1.54) is 18.5 Å². The van der Waals surface area contributed by atoms with Gasteiger partial charge in [0, 0.05) is 24.5 Å². The lowest BCUT2D eigenvalue weighted by atomic mass is 10.3. The van der Waals surface area contributed by atoms with Crippen LogP contribution in [-0.2, 0) is 13.6 Å². The van der Waals surface area contributed by atoms with Crippen molar-refractivity contribution in [2.24, 2.45) is 7.05 Å². The topological polar surface area (TPSA) is 111 Å². The highest BCUT2D eigenvalue weighted by atomic mass is 35.5. The van der Waals surface area contributed by atoms with Crippen LogP contribution in [0.5, 0.6) is 17.2 Å². The molecule has 2 heterocycles. The van der Waals surface area contributed by atoms with Crippen molar-refractivity contribution in [2.45, 2.75) is 12.9 Å². The average Bonchev–Trinajstić information content (AvgIpc) is 3.10. The van der Waals surface area contributed by atoms with Gasteiger partial charge in [0.25, 0.3) is 0 Å². The average molecular weight is 508 g/mol. The van der Waals surface area contributed by atoms with Gasteiger partial charge in [-0.1, -0.05) is 17.7 Å². The third-order valence-electron chi connectivity index (χ3n) is 4.80. The summed E-state index contributed by atoms with van der Waals surface area (Å²) < 4.78 is 48.6. The maximum Gasteiger partial charge on any atom is 0.573 e. The molecule has 3 N–H and O–H groups in total. The van der Waals surface area contributed by atoms with E-state index in [1.807, 2.05) is 0 Å². The van der Waals surface area contributed by atoms with Crippen LogP contribution in [0.25, 0.3) is 11.0 Å².